The molecule has 1 aliphatic carbocycles. The fourth-order valence-corrected chi connectivity index (χ4v) is 5.31. The third-order valence-electron chi connectivity index (χ3n) is 5.89. The Labute approximate surface area is 193 Å². The SMILES string of the molecule is O=C(c1cccnc1)c1nc(-c2cccc(S(=O)(=O)NC3CC3)c2)cnc1N1CCCCC1. The minimum absolute atomic E-state index is 0.0194. The van der Waals surface area contributed by atoms with Crippen LogP contribution >= 0.6 is 0 Å². The maximum atomic E-state index is 13.4. The van der Waals surface area contributed by atoms with Gasteiger partial charge >= 0.3 is 0 Å². The second-order valence-electron chi connectivity index (χ2n) is 8.47. The predicted molar refractivity (Wildman–Crippen MR) is 125 cm³/mol. The van der Waals surface area contributed by atoms with Crippen LogP contribution in [-0.2, 0) is 10.0 Å². The largest absolute Gasteiger partial charge is 0.355 e. The number of aromatic nitrogens is 3. The van der Waals surface area contributed by atoms with Crippen LogP contribution in [0.4, 0.5) is 5.82 Å². The highest BCUT2D eigenvalue weighted by molar-refractivity contribution is 7.89. The zero-order valence-corrected chi connectivity index (χ0v) is 19.0. The molecule has 8 nitrogen and oxygen atoms in total. The lowest BCUT2D eigenvalue weighted by molar-refractivity contribution is 0.103. The van der Waals surface area contributed by atoms with E-state index in [-0.39, 0.29) is 22.4 Å². The van der Waals surface area contributed by atoms with E-state index in [0.717, 1.165) is 45.2 Å². The molecule has 1 saturated heterocycles. The van der Waals surface area contributed by atoms with E-state index >= 15 is 0 Å². The summed E-state index contributed by atoms with van der Waals surface area (Å²) in [6.45, 7) is 1.64. The molecular weight excluding hydrogens is 438 g/mol. The minimum atomic E-state index is -3.60. The first kappa shape index (κ1) is 21.7. The van der Waals surface area contributed by atoms with Crippen molar-refractivity contribution >= 4 is 21.6 Å². The van der Waals surface area contributed by atoms with Crippen molar-refractivity contribution in [1.82, 2.24) is 19.7 Å². The first-order valence-corrected chi connectivity index (χ1v) is 12.7. The van der Waals surface area contributed by atoms with Crippen LogP contribution in [0.2, 0.25) is 0 Å². The summed E-state index contributed by atoms with van der Waals surface area (Å²) in [6, 6.07) is 10.0. The summed E-state index contributed by atoms with van der Waals surface area (Å²) in [6.07, 6.45) is 9.72. The fraction of sp³-hybridized carbons (Fsp3) is 0.333. The number of carbonyl (C=O) groups excluding carboxylic acids is 1. The lowest BCUT2D eigenvalue weighted by Crippen LogP contribution is -2.32. The molecule has 0 amide bonds. The number of sulfonamides is 1. The first-order valence-electron chi connectivity index (χ1n) is 11.2. The summed E-state index contributed by atoms with van der Waals surface area (Å²) in [5, 5.41) is 0. The maximum Gasteiger partial charge on any atom is 0.240 e. The van der Waals surface area contributed by atoms with Crippen LogP contribution in [-0.4, -0.2) is 48.3 Å². The van der Waals surface area contributed by atoms with Crippen molar-refractivity contribution in [3.8, 4) is 11.3 Å². The topological polar surface area (TPSA) is 105 Å². The predicted octanol–water partition coefficient (Wildman–Crippen LogP) is 3.20. The Balaban J connectivity index is 1.55. The zero-order chi connectivity index (χ0) is 22.8. The van der Waals surface area contributed by atoms with Gasteiger partial charge in [-0.1, -0.05) is 12.1 Å². The van der Waals surface area contributed by atoms with Gasteiger partial charge in [-0.25, -0.2) is 23.1 Å². The van der Waals surface area contributed by atoms with Crippen molar-refractivity contribution in [2.75, 3.05) is 18.0 Å². The van der Waals surface area contributed by atoms with Crippen molar-refractivity contribution in [2.24, 2.45) is 0 Å². The molecule has 3 aromatic rings. The number of anilines is 1. The lowest BCUT2D eigenvalue weighted by atomic mass is 10.1. The molecule has 1 N–H and O–H groups in total. The molecule has 1 aliphatic heterocycles. The number of carbonyl (C=O) groups is 1. The van der Waals surface area contributed by atoms with Crippen molar-refractivity contribution in [3.05, 3.63) is 66.2 Å². The third kappa shape index (κ3) is 4.79. The van der Waals surface area contributed by atoms with E-state index in [0.29, 0.717) is 22.6 Å². The first-order chi connectivity index (χ1) is 16.0. The van der Waals surface area contributed by atoms with Gasteiger partial charge < -0.3 is 4.90 Å². The van der Waals surface area contributed by atoms with Crippen LogP contribution in [0.5, 0.6) is 0 Å². The minimum Gasteiger partial charge on any atom is -0.355 e. The molecule has 2 aromatic heterocycles. The lowest BCUT2D eigenvalue weighted by Gasteiger charge is -2.28. The molecule has 170 valence electrons. The quantitative estimate of drug-likeness (QED) is 0.537. The molecule has 0 atom stereocenters. The van der Waals surface area contributed by atoms with E-state index in [1.807, 2.05) is 0 Å². The molecule has 0 bridgehead atoms. The Morgan fingerprint density at radius 3 is 2.58 bits per heavy atom. The number of nitrogens with one attached hydrogen (secondary N) is 1. The second kappa shape index (κ2) is 8.99. The van der Waals surface area contributed by atoms with Crippen LogP contribution in [0, 0.1) is 0 Å². The Hall–Kier alpha value is -3.17. The number of nitrogens with zero attached hydrogens (tertiary/aromatic N) is 4. The average Bonchev–Trinajstić information content (AvgIpc) is 3.68. The van der Waals surface area contributed by atoms with Crippen LogP contribution in [0.1, 0.15) is 48.2 Å². The number of hydrogen-bond acceptors (Lipinski definition) is 7. The van der Waals surface area contributed by atoms with Crippen molar-refractivity contribution in [1.29, 1.82) is 0 Å². The van der Waals surface area contributed by atoms with Crippen LogP contribution in [0.3, 0.4) is 0 Å². The Morgan fingerprint density at radius 2 is 1.85 bits per heavy atom. The van der Waals surface area contributed by atoms with E-state index in [9.17, 15) is 13.2 Å². The summed E-state index contributed by atoms with van der Waals surface area (Å²) < 4.78 is 28.0. The van der Waals surface area contributed by atoms with Gasteiger partial charge in [0.2, 0.25) is 15.8 Å². The number of pyridine rings is 1. The average molecular weight is 464 g/mol. The van der Waals surface area contributed by atoms with Gasteiger partial charge in [0.25, 0.3) is 0 Å². The zero-order valence-electron chi connectivity index (χ0n) is 18.1. The second-order valence-corrected chi connectivity index (χ2v) is 10.2. The molecule has 2 aliphatic rings. The number of piperidine rings is 1. The van der Waals surface area contributed by atoms with E-state index in [1.165, 1.54) is 6.20 Å². The highest BCUT2D eigenvalue weighted by Crippen LogP contribution is 2.28. The highest BCUT2D eigenvalue weighted by Gasteiger charge is 2.28. The molecule has 0 spiro atoms. The van der Waals surface area contributed by atoms with E-state index < -0.39 is 10.0 Å². The highest BCUT2D eigenvalue weighted by atomic mass is 32.2. The van der Waals surface area contributed by atoms with E-state index in [2.05, 4.69) is 19.6 Å². The molecule has 1 aromatic carbocycles. The summed E-state index contributed by atoms with van der Waals surface area (Å²) in [5.74, 6) is 0.309. The Morgan fingerprint density at radius 1 is 1.03 bits per heavy atom. The van der Waals surface area contributed by atoms with Gasteiger partial charge in [-0.3, -0.25) is 9.78 Å². The number of ketones is 1. The molecule has 33 heavy (non-hydrogen) atoms. The van der Waals surface area contributed by atoms with Crippen molar-refractivity contribution in [2.45, 2.75) is 43.0 Å². The van der Waals surface area contributed by atoms with Gasteiger partial charge in [0.05, 0.1) is 16.8 Å². The molecule has 1 saturated carbocycles. The van der Waals surface area contributed by atoms with Gasteiger partial charge in [0.15, 0.2) is 11.5 Å². The maximum absolute atomic E-state index is 13.4. The number of benzene rings is 1. The smallest absolute Gasteiger partial charge is 0.240 e. The van der Waals surface area contributed by atoms with E-state index in [1.54, 1.807) is 48.8 Å². The van der Waals surface area contributed by atoms with Gasteiger partial charge in [-0.05, 0) is 56.4 Å². The van der Waals surface area contributed by atoms with Gasteiger partial charge in [0, 0.05) is 42.7 Å². The molecule has 3 heterocycles. The molecule has 0 radical (unpaired) electrons. The number of hydrogen-bond donors (Lipinski definition) is 1. The molecule has 9 heteroatoms. The van der Waals surface area contributed by atoms with Crippen LogP contribution in [0.15, 0.2) is 59.9 Å². The molecular formula is C24H25N5O3S. The summed E-state index contributed by atoms with van der Waals surface area (Å²) in [4.78, 5) is 29.0. The van der Waals surface area contributed by atoms with Crippen LogP contribution in [0.25, 0.3) is 11.3 Å². The Kier molecular flexibility index (Phi) is 5.90. The van der Waals surface area contributed by atoms with Crippen molar-refractivity contribution in [3.63, 3.8) is 0 Å². The van der Waals surface area contributed by atoms with Gasteiger partial charge in [0.1, 0.15) is 0 Å². The van der Waals surface area contributed by atoms with Crippen LogP contribution < -0.4 is 9.62 Å². The van der Waals surface area contributed by atoms with Gasteiger partial charge in [-0.2, -0.15) is 0 Å². The monoisotopic (exact) mass is 463 g/mol. The fourth-order valence-electron chi connectivity index (χ4n) is 3.96. The summed E-state index contributed by atoms with van der Waals surface area (Å²) in [5.41, 5.74) is 1.73. The summed E-state index contributed by atoms with van der Waals surface area (Å²) in [7, 11) is -3.60. The third-order valence-corrected chi connectivity index (χ3v) is 7.41. The van der Waals surface area contributed by atoms with Crippen molar-refractivity contribution < 1.29 is 13.2 Å². The summed E-state index contributed by atoms with van der Waals surface area (Å²) >= 11 is 0. The standard InChI is InChI=1S/C24H25N5O3S/c30-23(18-7-5-11-25-15-18)22-24(29-12-2-1-3-13-29)26-16-21(27-22)17-6-4-8-20(14-17)33(31,32)28-19-9-10-19/h4-8,11,14-16,19,28H,1-3,9-10,12-13H2. The Bertz CT molecular complexity index is 1270. The van der Waals surface area contributed by atoms with E-state index in [4.69, 9.17) is 4.98 Å². The van der Waals surface area contributed by atoms with Gasteiger partial charge in [-0.15, -0.1) is 0 Å². The molecule has 2 fully saturated rings. The molecule has 0 unspecified atom stereocenters. The molecule has 5 rings (SSSR count). The number of rotatable bonds is 7. The normalized spacial score (nSPS) is 16.5.